The van der Waals surface area contributed by atoms with Crippen LogP contribution in [0, 0.1) is 18.6 Å². The third-order valence-electron chi connectivity index (χ3n) is 3.76. The van der Waals surface area contributed by atoms with Crippen molar-refractivity contribution in [3.8, 4) is 0 Å². The van der Waals surface area contributed by atoms with Gasteiger partial charge in [0.2, 0.25) is 0 Å². The second-order valence-electron chi connectivity index (χ2n) is 8.09. The van der Waals surface area contributed by atoms with Crippen LogP contribution in [0.5, 0.6) is 0 Å². The molecule has 0 aliphatic carbocycles. The Morgan fingerprint density at radius 2 is 1.32 bits per heavy atom. The van der Waals surface area contributed by atoms with Crippen LogP contribution < -0.4 is 0 Å². The minimum absolute atomic E-state index is 0. The van der Waals surface area contributed by atoms with Gasteiger partial charge in [0.1, 0.15) is 11.6 Å². The van der Waals surface area contributed by atoms with E-state index in [0.29, 0.717) is 0 Å². The van der Waals surface area contributed by atoms with E-state index in [1.807, 2.05) is 45.0 Å². The van der Waals surface area contributed by atoms with E-state index in [4.69, 9.17) is 0 Å². The maximum Gasteiger partial charge on any atom is 0.128 e. The highest BCUT2D eigenvalue weighted by Crippen LogP contribution is 2.27. The maximum absolute atomic E-state index is 13.3. The van der Waals surface area contributed by atoms with Crippen molar-refractivity contribution in [1.29, 1.82) is 0 Å². The van der Waals surface area contributed by atoms with Crippen LogP contribution in [0.3, 0.4) is 0 Å². The minimum atomic E-state index is -0.142. The summed E-state index contributed by atoms with van der Waals surface area (Å²) in [6.07, 6.45) is 0. The van der Waals surface area contributed by atoms with Crippen LogP contribution in [0.15, 0.2) is 40.9 Å². The van der Waals surface area contributed by atoms with E-state index in [0.717, 1.165) is 15.6 Å². The second kappa shape index (κ2) is 8.93. The molecule has 0 aliphatic rings. The molecular weight excluding hydrogens is 382 g/mol. The Bertz CT molecular complexity index is 692. The molecule has 0 unspecified atom stereocenters. The highest BCUT2D eigenvalue weighted by molar-refractivity contribution is 9.10. The van der Waals surface area contributed by atoms with Crippen molar-refractivity contribution in [2.45, 2.75) is 66.7 Å². The monoisotopic (exact) mass is 412 g/mol. The predicted octanol–water partition coefficient (Wildman–Crippen LogP) is 7.95. The van der Waals surface area contributed by atoms with Gasteiger partial charge in [-0.1, -0.05) is 83.1 Å². The number of rotatable bonds is 0. The topological polar surface area (TPSA) is 0 Å². The Kier molecular flexibility index (Phi) is 8.50. The minimum Gasteiger partial charge on any atom is -0.207 e. The molecule has 2 aromatic rings. The summed E-state index contributed by atoms with van der Waals surface area (Å²) in [5, 5.41) is 0. The van der Waals surface area contributed by atoms with Crippen molar-refractivity contribution in [3.05, 3.63) is 69.2 Å². The van der Waals surface area contributed by atoms with Crippen LogP contribution in [-0.2, 0) is 10.8 Å². The van der Waals surface area contributed by atoms with Crippen molar-refractivity contribution in [3.63, 3.8) is 0 Å². The Hall–Kier alpha value is -1.22. The van der Waals surface area contributed by atoms with Crippen molar-refractivity contribution < 1.29 is 8.78 Å². The Balaban J connectivity index is 0.000000443. The number of aryl methyl sites for hydroxylation is 1. The van der Waals surface area contributed by atoms with E-state index in [-0.39, 0.29) is 29.9 Å². The van der Waals surface area contributed by atoms with Gasteiger partial charge in [-0.25, -0.2) is 8.78 Å². The van der Waals surface area contributed by atoms with Gasteiger partial charge >= 0.3 is 0 Å². The summed E-state index contributed by atoms with van der Waals surface area (Å²) >= 11 is 3.22. The first-order valence-electron chi connectivity index (χ1n) is 8.04. The molecule has 140 valence electrons. The van der Waals surface area contributed by atoms with Gasteiger partial charge in [0, 0.05) is 4.47 Å². The normalized spacial score (nSPS) is 11.3. The Morgan fingerprint density at radius 1 is 0.760 bits per heavy atom. The molecule has 0 aromatic heterocycles. The zero-order valence-corrected chi connectivity index (χ0v) is 17.2. The fraction of sp³-hybridized carbons (Fsp3) is 0.455. The number of halogens is 3. The molecule has 0 aliphatic heterocycles. The lowest BCUT2D eigenvalue weighted by atomic mass is 9.86. The molecule has 2 rings (SSSR count). The van der Waals surface area contributed by atoms with Crippen LogP contribution in [0.25, 0.3) is 0 Å². The van der Waals surface area contributed by atoms with Crippen molar-refractivity contribution in [1.82, 2.24) is 0 Å². The lowest BCUT2D eigenvalue weighted by molar-refractivity contribution is 0.522. The molecule has 0 saturated heterocycles. The molecule has 0 fully saturated rings. The molecule has 0 amide bonds. The standard InChI is InChI=1S/C11H15F.C10H12BrF.CH4/c1-8-7-9(11(2,3)4)5-6-10(8)12;1-10(2,3)8-5-4-7(11)6-9(8)12;/h5-7H,1-4H3;4-6H,1-3H3;1H4. The van der Waals surface area contributed by atoms with E-state index >= 15 is 0 Å². The molecule has 0 N–H and O–H groups in total. The lowest BCUT2D eigenvalue weighted by Gasteiger charge is -2.19. The van der Waals surface area contributed by atoms with Crippen molar-refractivity contribution >= 4 is 15.9 Å². The van der Waals surface area contributed by atoms with Crippen LogP contribution in [0.2, 0.25) is 0 Å². The molecule has 0 nitrogen and oxygen atoms in total. The highest BCUT2D eigenvalue weighted by Gasteiger charge is 2.17. The predicted molar refractivity (Wildman–Crippen MR) is 109 cm³/mol. The first-order chi connectivity index (χ1) is 10.8. The quantitative estimate of drug-likeness (QED) is 0.411. The third kappa shape index (κ3) is 7.27. The fourth-order valence-electron chi connectivity index (χ4n) is 2.21. The average molecular weight is 413 g/mol. The molecule has 3 heteroatoms. The van der Waals surface area contributed by atoms with E-state index in [1.165, 1.54) is 17.7 Å². The molecule has 25 heavy (non-hydrogen) atoms. The summed E-state index contributed by atoms with van der Waals surface area (Å²) in [6.45, 7) is 14.2. The van der Waals surface area contributed by atoms with Gasteiger partial charge in [-0.15, -0.1) is 0 Å². The van der Waals surface area contributed by atoms with Crippen LogP contribution in [-0.4, -0.2) is 0 Å². The number of benzene rings is 2. The van der Waals surface area contributed by atoms with Crippen molar-refractivity contribution in [2.24, 2.45) is 0 Å². The highest BCUT2D eigenvalue weighted by atomic mass is 79.9. The van der Waals surface area contributed by atoms with E-state index in [2.05, 4.69) is 36.7 Å². The molecule has 0 heterocycles. The smallest absolute Gasteiger partial charge is 0.128 e. The molecule has 0 saturated carbocycles. The molecule has 0 atom stereocenters. The Labute approximate surface area is 160 Å². The molecule has 0 spiro atoms. The number of hydrogen-bond donors (Lipinski definition) is 0. The van der Waals surface area contributed by atoms with Gasteiger partial charge in [0.05, 0.1) is 0 Å². The summed E-state index contributed by atoms with van der Waals surface area (Å²) < 4.78 is 27.0. The first-order valence-corrected chi connectivity index (χ1v) is 8.84. The fourth-order valence-corrected chi connectivity index (χ4v) is 2.54. The van der Waals surface area contributed by atoms with Gasteiger partial charge in [-0.2, -0.15) is 0 Å². The van der Waals surface area contributed by atoms with Crippen LogP contribution in [0.4, 0.5) is 8.78 Å². The summed E-state index contributed by atoms with van der Waals surface area (Å²) in [7, 11) is 0. The summed E-state index contributed by atoms with van der Waals surface area (Å²) in [5.41, 5.74) is 2.65. The van der Waals surface area contributed by atoms with Crippen LogP contribution >= 0.6 is 15.9 Å². The molecule has 0 radical (unpaired) electrons. The van der Waals surface area contributed by atoms with Crippen molar-refractivity contribution in [2.75, 3.05) is 0 Å². The maximum atomic E-state index is 13.3. The zero-order chi connectivity index (χ0) is 18.7. The van der Waals surface area contributed by atoms with E-state index < -0.39 is 0 Å². The van der Waals surface area contributed by atoms with Gasteiger partial charge < -0.3 is 0 Å². The lowest BCUT2D eigenvalue weighted by Crippen LogP contribution is -2.13. The third-order valence-corrected chi connectivity index (χ3v) is 4.26. The average Bonchev–Trinajstić information content (AvgIpc) is 2.39. The van der Waals surface area contributed by atoms with E-state index in [9.17, 15) is 8.78 Å². The van der Waals surface area contributed by atoms with Gasteiger partial charge in [-0.05, 0) is 52.6 Å². The van der Waals surface area contributed by atoms with Gasteiger partial charge in [-0.3, -0.25) is 0 Å². The Morgan fingerprint density at radius 3 is 1.72 bits per heavy atom. The summed E-state index contributed by atoms with van der Waals surface area (Å²) in [6, 6.07) is 10.5. The van der Waals surface area contributed by atoms with Crippen LogP contribution in [0.1, 0.15) is 65.7 Å². The van der Waals surface area contributed by atoms with Gasteiger partial charge in [0.25, 0.3) is 0 Å². The SMILES string of the molecule is C.CC(C)(C)c1ccc(Br)cc1F.Cc1cc(C(C)(C)C)ccc1F. The molecule has 0 bridgehead atoms. The largest absolute Gasteiger partial charge is 0.207 e. The first kappa shape index (κ1) is 23.8. The van der Waals surface area contributed by atoms with E-state index in [1.54, 1.807) is 6.92 Å². The second-order valence-corrected chi connectivity index (χ2v) is 9.00. The number of hydrogen-bond acceptors (Lipinski definition) is 0. The summed E-state index contributed by atoms with van der Waals surface area (Å²) in [4.78, 5) is 0. The summed E-state index contributed by atoms with van der Waals surface area (Å²) in [5.74, 6) is -0.264. The molecular formula is C22H31BrF2. The molecule has 2 aromatic carbocycles. The zero-order valence-electron chi connectivity index (χ0n) is 15.6. The van der Waals surface area contributed by atoms with Gasteiger partial charge in [0.15, 0.2) is 0 Å².